The molecule has 4 heterocycles. The van der Waals surface area contributed by atoms with E-state index in [4.69, 9.17) is 7.16 Å². The zero-order valence-corrected chi connectivity index (χ0v) is 25.7. The standard InChI is InChI=1S/C23H18NOS.C12H10N.Ir/c1-12-10-19(24-11-13(12)2)18-7-5-6-16-17-8-9-20-21(14(3)15(4)26-20)23(17)25-22(16)18;1-10-7-8-12(13-9-10)11-5-3-2-4-6-11;/h5-6,8-11H,1-4H3;2-5,7-9H,1H3;/q2*-1;/i1D,2D;;. The first kappa shape index (κ1) is 25.3. The van der Waals surface area contributed by atoms with Gasteiger partial charge in [0.15, 0.2) is 0 Å². The van der Waals surface area contributed by atoms with Crippen molar-refractivity contribution in [3.8, 4) is 22.5 Å². The third-order valence-electron chi connectivity index (χ3n) is 6.96. The van der Waals surface area contributed by atoms with E-state index in [9.17, 15) is 0 Å². The van der Waals surface area contributed by atoms with Gasteiger partial charge in [-0.1, -0.05) is 40.8 Å². The van der Waals surface area contributed by atoms with Gasteiger partial charge in [-0.25, -0.2) is 0 Å². The zero-order valence-electron chi connectivity index (χ0n) is 24.5. The van der Waals surface area contributed by atoms with E-state index in [0.717, 1.165) is 55.6 Å². The van der Waals surface area contributed by atoms with Crippen LogP contribution in [0.25, 0.3) is 54.5 Å². The molecule has 7 aromatic rings. The van der Waals surface area contributed by atoms with Crippen LogP contribution in [0.15, 0.2) is 83.5 Å². The van der Waals surface area contributed by atoms with Crippen LogP contribution in [-0.2, 0) is 20.1 Å². The second-order valence-corrected chi connectivity index (χ2v) is 10.9. The summed E-state index contributed by atoms with van der Waals surface area (Å²) in [5.74, 6) is 0. The van der Waals surface area contributed by atoms with Crippen LogP contribution in [-0.4, -0.2) is 9.97 Å². The zero-order chi connectivity index (χ0) is 28.5. The SMILES string of the molecule is Cc1ccc(-c2[c-]cccc2)nc1.[2H]Cc1cnc(-c2[c-]ccc3c2oc2c3ccc3sc(C)c(C)c32)cc1C[2H].[Ir]. The molecule has 7 rings (SSSR count). The monoisotopic (exact) mass is 719 g/mol. The number of aromatic nitrogens is 2. The van der Waals surface area contributed by atoms with E-state index in [1.807, 2.05) is 61.7 Å². The Hall–Kier alpha value is -3.63. The first-order valence-electron chi connectivity index (χ1n) is 14.1. The Morgan fingerprint density at radius 2 is 1.62 bits per heavy atom. The molecule has 0 spiro atoms. The molecular formula is C35H28IrN2OS-2. The second kappa shape index (κ2) is 11.5. The molecule has 40 heavy (non-hydrogen) atoms. The minimum absolute atomic E-state index is 0. The van der Waals surface area contributed by atoms with Crippen molar-refractivity contribution in [2.75, 3.05) is 0 Å². The van der Waals surface area contributed by atoms with Gasteiger partial charge in [0.2, 0.25) is 0 Å². The van der Waals surface area contributed by atoms with Crippen LogP contribution < -0.4 is 0 Å². The molecule has 0 aliphatic heterocycles. The van der Waals surface area contributed by atoms with Crippen LogP contribution >= 0.6 is 11.3 Å². The molecule has 201 valence electrons. The Balaban J connectivity index is 0.000000212. The Labute approximate surface area is 255 Å². The normalized spacial score (nSPS) is 11.6. The number of furan rings is 1. The molecule has 1 radical (unpaired) electrons. The number of hydrogen-bond donors (Lipinski definition) is 0. The Morgan fingerprint density at radius 1 is 0.800 bits per heavy atom. The predicted octanol–water partition coefficient (Wildman–Crippen LogP) is 9.75. The molecule has 0 fully saturated rings. The van der Waals surface area contributed by atoms with E-state index in [-0.39, 0.29) is 33.9 Å². The molecule has 0 amide bonds. The molecule has 3 nitrogen and oxygen atoms in total. The number of benzene rings is 3. The van der Waals surface area contributed by atoms with Crippen molar-refractivity contribution in [3.05, 3.63) is 118 Å². The summed E-state index contributed by atoms with van der Waals surface area (Å²) < 4.78 is 23.1. The van der Waals surface area contributed by atoms with Crippen LogP contribution in [0.2, 0.25) is 0 Å². The van der Waals surface area contributed by atoms with Gasteiger partial charge in [0.05, 0.1) is 5.58 Å². The van der Waals surface area contributed by atoms with E-state index >= 15 is 0 Å². The fourth-order valence-electron chi connectivity index (χ4n) is 4.68. The summed E-state index contributed by atoms with van der Waals surface area (Å²) in [6.07, 6.45) is 3.57. The molecule has 0 atom stereocenters. The van der Waals surface area contributed by atoms with E-state index in [1.54, 1.807) is 17.5 Å². The van der Waals surface area contributed by atoms with Crippen LogP contribution in [0.3, 0.4) is 0 Å². The fraction of sp³-hybridized carbons (Fsp3) is 0.143. The summed E-state index contributed by atoms with van der Waals surface area (Å²) in [6, 6.07) is 28.5. The number of fused-ring (bicyclic) bond motifs is 5. The van der Waals surface area contributed by atoms with Crippen molar-refractivity contribution < 1.29 is 27.3 Å². The number of hydrogen-bond acceptors (Lipinski definition) is 4. The predicted molar refractivity (Wildman–Crippen MR) is 163 cm³/mol. The minimum atomic E-state index is 0. The van der Waals surface area contributed by atoms with Crippen molar-refractivity contribution in [2.45, 2.75) is 34.6 Å². The van der Waals surface area contributed by atoms with Gasteiger partial charge in [-0.05, 0) is 68.7 Å². The van der Waals surface area contributed by atoms with E-state index in [2.05, 4.69) is 54.1 Å². The van der Waals surface area contributed by atoms with E-state index in [0.29, 0.717) is 0 Å². The van der Waals surface area contributed by atoms with Gasteiger partial charge in [0.1, 0.15) is 5.58 Å². The quantitative estimate of drug-likeness (QED) is 0.167. The first-order chi connectivity index (χ1) is 20.0. The molecule has 0 bridgehead atoms. The van der Waals surface area contributed by atoms with Crippen LogP contribution in [0, 0.1) is 46.7 Å². The van der Waals surface area contributed by atoms with Crippen molar-refractivity contribution in [3.63, 3.8) is 0 Å². The van der Waals surface area contributed by atoms with E-state index in [1.165, 1.54) is 26.1 Å². The summed E-state index contributed by atoms with van der Waals surface area (Å²) in [5, 5.41) is 3.33. The largest absolute Gasteiger partial charge is 0.500 e. The maximum Gasteiger partial charge on any atom is 0.129 e. The minimum Gasteiger partial charge on any atom is -0.500 e. The number of thiophene rings is 1. The molecule has 4 aromatic heterocycles. The molecule has 0 saturated carbocycles. The maximum atomic E-state index is 7.77. The average Bonchev–Trinajstić information content (AvgIpc) is 3.54. The number of aryl methyl sites for hydroxylation is 5. The molecule has 0 aliphatic carbocycles. The maximum absolute atomic E-state index is 7.77. The Morgan fingerprint density at radius 3 is 2.38 bits per heavy atom. The van der Waals surface area contributed by atoms with E-state index < -0.39 is 0 Å². The molecule has 0 N–H and O–H groups in total. The molecule has 3 aromatic carbocycles. The Bertz CT molecular complexity index is 2000. The van der Waals surface area contributed by atoms with Gasteiger partial charge in [-0.2, -0.15) is 0 Å². The van der Waals surface area contributed by atoms with Crippen LogP contribution in [0.1, 0.15) is 29.9 Å². The van der Waals surface area contributed by atoms with Crippen molar-refractivity contribution in [2.24, 2.45) is 0 Å². The number of pyridine rings is 2. The molecule has 5 heteroatoms. The van der Waals surface area contributed by atoms with Gasteiger partial charge in [-0.15, -0.1) is 65.4 Å². The van der Waals surface area contributed by atoms with Gasteiger partial charge < -0.3 is 14.4 Å². The Kier molecular flexibility index (Phi) is 7.26. The summed E-state index contributed by atoms with van der Waals surface area (Å²) in [5.41, 5.74) is 9.32. The van der Waals surface area contributed by atoms with Crippen molar-refractivity contribution in [1.29, 1.82) is 0 Å². The average molecular weight is 719 g/mol. The summed E-state index contributed by atoms with van der Waals surface area (Å²) in [7, 11) is 0. The van der Waals surface area contributed by atoms with Crippen LogP contribution in [0.5, 0.6) is 0 Å². The summed E-state index contributed by atoms with van der Waals surface area (Å²) in [4.78, 5) is 10.2. The van der Waals surface area contributed by atoms with Gasteiger partial charge in [0, 0.05) is 55.6 Å². The van der Waals surface area contributed by atoms with Crippen molar-refractivity contribution >= 4 is 43.4 Å². The topological polar surface area (TPSA) is 38.9 Å². The van der Waals surface area contributed by atoms with Gasteiger partial charge in [0.25, 0.3) is 0 Å². The molecule has 0 aliphatic rings. The first-order valence-corrected chi connectivity index (χ1v) is 13.5. The summed E-state index contributed by atoms with van der Waals surface area (Å²) >= 11 is 1.79. The third-order valence-corrected chi connectivity index (χ3v) is 8.14. The number of rotatable bonds is 2. The van der Waals surface area contributed by atoms with Crippen molar-refractivity contribution in [1.82, 2.24) is 9.97 Å². The third kappa shape index (κ3) is 5.13. The summed E-state index contributed by atoms with van der Waals surface area (Å²) in [6.45, 7) is 6.59. The number of nitrogens with zero attached hydrogens (tertiary/aromatic N) is 2. The molecular weight excluding hydrogens is 689 g/mol. The molecule has 0 saturated heterocycles. The second-order valence-electron chi connectivity index (χ2n) is 9.63. The van der Waals surface area contributed by atoms with Crippen LogP contribution in [0.4, 0.5) is 0 Å². The fourth-order valence-corrected chi connectivity index (χ4v) is 5.75. The van der Waals surface area contributed by atoms with Gasteiger partial charge >= 0.3 is 0 Å². The smallest absolute Gasteiger partial charge is 0.129 e. The van der Waals surface area contributed by atoms with Gasteiger partial charge in [-0.3, -0.25) is 0 Å². The molecule has 0 unspecified atom stereocenters.